The van der Waals surface area contributed by atoms with E-state index in [1.165, 1.54) is 0 Å². The Balaban J connectivity index is 5.56. The van der Waals surface area contributed by atoms with E-state index < -0.39 is 14.9 Å². The van der Waals surface area contributed by atoms with Crippen molar-refractivity contribution in [3.05, 3.63) is 0 Å². The highest BCUT2D eigenvalue weighted by atomic mass is 31.2. The highest BCUT2D eigenvalue weighted by Gasteiger charge is 2.41. The minimum Gasteiger partial charge on any atom is -0.288 e. The van der Waals surface area contributed by atoms with Gasteiger partial charge >= 0.3 is 0 Å². The maximum atomic E-state index is 13.3. The molecule has 2 N–H and O–H groups in total. The lowest BCUT2D eigenvalue weighted by Crippen LogP contribution is -2.42. The molecule has 0 aliphatic rings. The van der Waals surface area contributed by atoms with E-state index in [0.29, 0.717) is 0 Å². The standard InChI is InChI=1S/C13H34N4O2P2/c1-12(2,3)14-20(18,16(7)8)11-21(19,17(9)10)15-13(4,5)6/h11H2,1-10H3,(H,14,18)(H,15,19). The Hall–Kier alpha value is 0.300. The van der Waals surface area contributed by atoms with Gasteiger partial charge in [-0.05, 0) is 69.7 Å². The predicted octanol–water partition coefficient (Wildman–Crippen LogP) is 3.23. The zero-order chi connectivity index (χ0) is 17.3. The van der Waals surface area contributed by atoms with Crippen LogP contribution < -0.4 is 10.2 Å². The average Bonchev–Trinajstić information content (AvgIpc) is 2.09. The highest BCUT2D eigenvalue weighted by molar-refractivity contribution is 7.76. The van der Waals surface area contributed by atoms with E-state index in [-0.39, 0.29) is 17.0 Å². The Kier molecular flexibility index (Phi) is 6.92. The average molecular weight is 340 g/mol. The van der Waals surface area contributed by atoms with Gasteiger partial charge < -0.3 is 0 Å². The van der Waals surface area contributed by atoms with Crippen LogP contribution in [0.5, 0.6) is 0 Å². The third-order valence-corrected chi connectivity index (χ3v) is 10.4. The van der Waals surface area contributed by atoms with Crippen LogP contribution >= 0.6 is 14.9 Å². The summed E-state index contributed by atoms with van der Waals surface area (Å²) < 4.78 is 30.0. The van der Waals surface area contributed by atoms with Crippen LogP contribution in [-0.2, 0) is 9.13 Å². The first-order valence-electron chi connectivity index (χ1n) is 7.13. The monoisotopic (exact) mass is 340 g/mol. The lowest BCUT2D eigenvalue weighted by atomic mass is 10.1. The smallest absolute Gasteiger partial charge is 0.223 e. The molecule has 0 aromatic heterocycles. The first kappa shape index (κ1) is 21.3. The van der Waals surface area contributed by atoms with Crippen molar-refractivity contribution in [2.24, 2.45) is 0 Å². The SMILES string of the molecule is CN(C)P(=O)(CP(=O)(NC(C)(C)C)N(C)C)NC(C)(C)C. The maximum Gasteiger partial charge on any atom is 0.223 e. The summed E-state index contributed by atoms with van der Waals surface area (Å²) in [6.07, 6.45) is 0. The second-order valence-corrected chi connectivity index (χ2v) is 13.9. The third kappa shape index (κ3) is 7.40. The normalized spacial score (nSPS) is 19.6. The molecule has 0 saturated carbocycles. The molecule has 2 unspecified atom stereocenters. The van der Waals surface area contributed by atoms with E-state index in [4.69, 9.17) is 0 Å². The molecular formula is C13H34N4O2P2. The molecule has 0 aromatic rings. The summed E-state index contributed by atoms with van der Waals surface area (Å²) in [5, 5.41) is 6.34. The molecule has 0 fully saturated rings. The summed E-state index contributed by atoms with van der Waals surface area (Å²) in [4.78, 5) is 0. The quantitative estimate of drug-likeness (QED) is 0.724. The van der Waals surface area contributed by atoms with Gasteiger partial charge in [0, 0.05) is 11.1 Å². The zero-order valence-corrected chi connectivity index (χ0v) is 17.1. The lowest BCUT2D eigenvalue weighted by Gasteiger charge is -2.39. The fourth-order valence-corrected chi connectivity index (χ4v) is 9.00. The molecule has 0 aromatic carbocycles. The van der Waals surface area contributed by atoms with Gasteiger partial charge in [0.2, 0.25) is 14.9 Å². The molecule has 0 amide bonds. The van der Waals surface area contributed by atoms with E-state index in [0.717, 1.165) is 0 Å². The molecule has 0 aliphatic carbocycles. The predicted molar refractivity (Wildman–Crippen MR) is 93.2 cm³/mol. The molecule has 8 heteroatoms. The molecule has 21 heavy (non-hydrogen) atoms. The molecule has 128 valence electrons. The topological polar surface area (TPSA) is 64.7 Å². The third-order valence-electron chi connectivity index (χ3n) is 2.70. The van der Waals surface area contributed by atoms with Gasteiger partial charge in [0.1, 0.15) is 5.90 Å². The summed E-state index contributed by atoms with van der Waals surface area (Å²) in [5.41, 5.74) is -0.642. The fourth-order valence-electron chi connectivity index (χ4n) is 1.83. The van der Waals surface area contributed by atoms with Gasteiger partial charge in [0.05, 0.1) is 0 Å². The maximum absolute atomic E-state index is 13.3. The van der Waals surface area contributed by atoms with Crippen molar-refractivity contribution < 1.29 is 9.13 Å². The van der Waals surface area contributed by atoms with Crippen LogP contribution in [0.2, 0.25) is 0 Å². The van der Waals surface area contributed by atoms with Crippen LogP contribution in [0.1, 0.15) is 41.5 Å². The van der Waals surface area contributed by atoms with Gasteiger partial charge in [-0.2, -0.15) is 0 Å². The Bertz CT molecular complexity index is 396. The molecule has 0 bridgehead atoms. The Labute approximate surface area is 131 Å². The van der Waals surface area contributed by atoms with E-state index >= 15 is 0 Å². The molecule has 0 aliphatic heterocycles. The Morgan fingerprint density at radius 1 is 0.714 bits per heavy atom. The molecule has 0 radical (unpaired) electrons. The first-order valence-corrected chi connectivity index (χ1v) is 10.8. The largest absolute Gasteiger partial charge is 0.288 e. The second-order valence-electron chi connectivity index (χ2n) is 7.96. The summed E-state index contributed by atoms with van der Waals surface area (Å²) in [6, 6.07) is 0. The lowest BCUT2D eigenvalue weighted by molar-refractivity contribution is 0.437. The summed E-state index contributed by atoms with van der Waals surface area (Å²) in [6.45, 7) is 11.8. The number of nitrogens with one attached hydrogen (secondary N) is 2. The van der Waals surface area contributed by atoms with E-state index in [1.807, 2.05) is 41.5 Å². The molecule has 2 atom stereocenters. The Morgan fingerprint density at radius 3 is 1.10 bits per heavy atom. The van der Waals surface area contributed by atoms with Gasteiger partial charge in [-0.25, -0.2) is 19.5 Å². The molecular weight excluding hydrogens is 306 g/mol. The van der Waals surface area contributed by atoms with Crippen molar-refractivity contribution in [2.75, 3.05) is 34.1 Å². The number of hydrogen-bond acceptors (Lipinski definition) is 2. The van der Waals surface area contributed by atoms with Crippen LogP contribution in [0.3, 0.4) is 0 Å². The van der Waals surface area contributed by atoms with E-state index in [2.05, 4.69) is 10.2 Å². The van der Waals surface area contributed by atoms with Crippen LogP contribution in [0.4, 0.5) is 0 Å². The minimum absolute atomic E-state index is 0.0779. The van der Waals surface area contributed by atoms with E-state index in [1.54, 1.807) is 37.5 Å². The Morgan fingerprint density at radius 2 is 0.952 bits per heavy atom. The van der Waals surface area contributed by atoms with Crippen LogP contribution in [0.15, 0.2) is 0 Å². The van der Waals surface area contributed by atoms with Gasteiger partial charge in [0.15, 0.2) is 0 Å². The van der Waals surface area contributed by atoms with Crippen LogP contribution in [-0.4, -0.2) is 54.5 Å². The second kappa shape index (κ2) is 6.82. The summed E-state index contributed by atoms with van der Waals surface area (Å²) >= 11 is 0. The van der Waals surface area contributed by atoms with E-state index in [9.17, 15) is 9.13 Å². The minimum atomic E-state index is -2.96. The van der Waals surface area contributed by atoms with Gasteiger partial charge in [-0.1, -0.05) is 0 Å². The van der Waals surface area contributed by atoms with Gasteiger partial charge in [-0.15, -0.1) is 0 Å². The summed E-state index contributed by atoms with van der Waals surface area (Å²) in [5.74, 6) is 0.0779. The highest BCUT2D eigenvalue weighted by Crippen LogP contribution is 2.60. The van der Waals surface area contributed by atoms with Crippen molar-refractivity contribution in [3.63, 3.8) is 0 Å². The fraction of sp³-hybridized carbons (Fsp3) is 1.00. The van der Waals surface area contributed by atoms with Crippen molar-refractivity contribution in [1.29, 1.82) is 0 Å². The van der Waals surface area contributed by atoms with Crippen molar-refractivity contribution >= 4 is 14.9 Å². The van der Waals surface area contributed by atoms with Gasteiger partial charge in [0.25, 0.3) is 0 Å². The van der Waals surface area contributed by atoms with Crippen LogP contribution in [0.25, 0.3) is 0 Å². The van der Waals surface area contributed by atoms with Crippen molar-refractivity contribution in [1.82, 2.24) is 19.5 Å². The number of hydrogen-bond donors (Lipinski definition) is 2. The van der Waals surface area contributed by atoms with Crippen molar-refractivity contribution in [2.45, 2.75) is 52.6 Å². The van der Waals surface area contributed by atoms with Crippen molar-refractivity contribution in [3.8, 4) is 0 Å². The zero-order valence-electron chi connectivity index (χ0n) is 15.3. The molecule has 0 rings (SSSR count). The van der Waals surface area contributed by atoms with Crippen LogP contribution in [0, 0.1) is 0 Å². The molecule has 0 saturated heterocycles. The number of rotatable bonds is 6. The molecule has 0 spiro atoms. The summed E-state index contributed by atoms with van der Waals surface area (Å²) in [7, 11) is 1.13. The van der Waals surface area contributed by atoms with Gasteiger partial charge in [-0.3, -0.25) is 9.13 Å². The molecule has 0 heterocycles. The number of nitrogens with zero attached hydrogens (tertiary/aromatic N) is 2. The molecule has 6 nitrogen and oxygen atoms in total. The first-order chi connectivity index (χ1) is 9.01.